The molecule has 27 heavy (non-hydrogen) atoms. The first-order chi connectivity index (χ1) is 13.0. The molecule has 1 aromatic carbocycles. The Morgan fingerprint density at radius 3 is 2.81 bits per heavy atom. The zero-order valence-corrected chi connectivity index (χ0v) is 15.5. The molecule has 0 saturated carbocycles. The Morgan fingerprint density at radius 2 is 2.15 bits per heavy atom. The van der Waals surface area contributed by atoms with Gasteiger partial charge in [0, 0.05) is 38.7 Å². The maximum absolute atomic E-state index is 13.9. The third kappa shape index (κ3) is 5.22. The van der Waals surface area contributed by atoms with E-state index in [0.717, 1.165) is 19.4 Å². The third-order valence-electron chi connectivity index (χ3n) is 4.50. The Balaban J connectivity index is 1.54. The monoisotopic (exact) mass is 378 g/mol. The molecule has 7 nitrogen and oxygen atoms in total. The van der Waals surface area contributed by atoms with Crippen molar-refractivity contribution in [2.75, 3.05) is 20.1 Å². The topological polar surface area (TPSA) is 78.6 Å². The summed E-state index contributed by atoms with van der Waals surface area (Å²) in [5.74, 6) is 0.686. The van der Waals surface area contributed by atoms with Gasteiger partial charge in [-0.3, -0.25) is 9.89 Å². The number of nitrogens with zero attached hydrogens (tertiary/aromatic N) is 4. The number of aromatic nitrogens is 2. The van der Waals surface area contributed by atoms with Crippen LogP contribution in [0.1, 0.15) is 30.1 Å². The summed E-state index contributed by atoms with van der Waals surface area (Å²) < 4.78 is 32.7. The molecule has 2 aromatic rings. The smallest absolute Gasteiger partial charge is 0.223 e. The normalized spacial score (nSPS) is 18.5. The third-order valence-corrected chi connectivity index (χ3v) is 4.50. The summed E-state index contributed by atoms with van der Waals surface area (Å²) in [4.78, 5) is 10.4. The molecule has 2 heterocycles. The quantitative estimate of drug-likeness (QED) is 0.612. The van der Waals surface area contributed by atoms with Gasteiger partial charge in [-0.2, -0.15) is 4.98 Å². The molecule has 3 rings (SSSR count). The van der Waals surface area contributed by atoms with Gasteiger partial charge in [0.2, 0.25) is 5.89 Å². The number of benzene rings is 1. The lowest BCUT2D eigenvalue weighted by atomic mass is 10.0. The van der Waals surface area contributed by atoms with Gasteiger partial charge in [-0.15, -0.1) is 0 Å². The van der Waals surface area contributed by atoms with Crippen molar-refractivity contribution in [3.63, 3.8) is 0 Å². The van der Waals surface area contributed by atoms with E-state index in [1.807, 2.05) is 0 Å². The number of hydrogen-bond donors (Lipinski definition) is 2. The number of piperidine rings is 1. The lowest BCUT2D eigenvalue weighted by Crippen LogP contribution is -2.50. The Morgan fingerprint density at radius 1 is 1.37 bits per heavy atom. The average molecular weight is 378 g/mol. The van der Waals surface area contributed by atoms with Crippen molar-refractivity contribution in [3.8, 4) is 0 Å². The molecule has 0 bridgehead atoms. The first kappa shape index (κ1) is 19.2. The van der Waals surface area contributed by atoms with E-state index >= 15 is 0 Å². The Labute approximate surface area is 156 Å². The van der Waals surface area contributed by atoms with E-state index in [1.165, 1.54) is 18.2 Å². The summed E-state index contributed by atoms with van der Waals surface area (Å²) in [6.45, 7) is 3.87. The van der Waals surface area contributed by atoms with Crippen LogP contribution in [-0.2, 0) is 13.1 Å². The lowest BCUT2D eigenvalue weighted by molar-refractivity contribution is 0.188. The maximum atomic E-state index is 13.9. The van der Waals surface area contributed by atoms with Crippen LogP contribution in [0, 0.1) is 18.6 Å². The highest BCUT2D eigenvalue weighted by Crippen LogP contribution is 2.18. The molecule has 0 radical (unpaired) electrons. The predicted octanol–water partition coefficient (Wildman–Crippen LogP) is 1.99. The van der Waals surface area contributed by atoms with E-state index in [-0.39, 0.29) is 18.2 Å². The van der Waals surface area contributed by atoms with Gasteiger partial charge in [0.1, 0.15) is 11.6 Å². The van der Waals surface area contributed by atoms with E-state index < -0.39 is 11.6 Å². The maximum Gasteiger partial charge on any atom is 0.223 e. The highest BCUT2D eigenvalue weighted by molar-refractivity contribution is 5.79. The van der Waals surface area contributed by atoms with Crippen LogP contribution in [0.3, 0.4) is 0 Å². The van der Waals surface area contributed by atoms with Crippen LogP contribution < -0.4 is 10.6 Å². The van der Waals surface area contributed by atoms with E-state index in [4.69, 9.17) is 4.52 Å². The molecule has 1 atom stereocenters. The van der Waals surface area contributed by atoms with Crippen LogP contribution in [0.4, 0.5) is 8.78 Å². The molecule has 1 fully saturated rings. The van der Waals surface area contributed by atoms with Crippen molar-refractivity contribution < 1.29 is 13.3 Å². The van der Waals surface area contributed by atoms with Crippen molar-refractivity contribution in [3.05, 3.63) is 47.1 Å². The van der Waals surface area contributed by atoms with Gasteiger partial charge in [0.05, 0.1) is 6.54 Å². The molecular formula is C18H24F2N6O. The fourth-order valence-corrected chi connectivity index (χ4v) is 3.19. The van der Waals surface area contributed by atoms with Gasteiger partial charge in [0.25, 0.3) is 0 Å². The molecule has 0 aliphatic carbocycles. The SMILES string of the molecule is CN=C(NCc1noc(C)n1)NC1CCCN(Cc2c(F)cccc2F)C1. The van der Waals surface area contributed by atoms with E-state index in [9.17, 15) is 8.78 Å². The highest BCUT2D eigenvalue weighted by Gasteiger charge is 2.22. The number of nitrogens with one attached hydrogen (secondary N) is 2. The summed E-state index contributed by atoms with van der Waals surface area (Å²) in [6, 6.07) is 4.11. The van der Waals surface area contributed by atoms with Crippen molar-refractivity contribution in [1.82, 2.24) is 25.7 Å². The van der Waals surface area contributed by atoms with Crippen LogP contribution in [0.2, 0.25) is 0 Å². The van der Waals surface area contributed by atoms with Crippen LogP contribution in [0.5, 0.6) is 0 Å². The standard InChI is InChI=1S/C18H24F2N6O/c1-12-23-17(25-27-12)9-22-18(21-2)24-13-5-4-8-26(10-13)11-14-15(19)6-3-7-16(14)20/h3,6-7,13H,4-5,8-11H2,1-2H3,(H2,21,22,24). The van der Waals surface area contributed by atoms with E-state index in [2.05, 4.69) is 30.7 Å². The van der Waals surface area contributed by atoms with Gasteiger partial charge in [-0.25, -0.2) is 8.78 Å². The zero-order chi connectivity index (χ0) is 19.2. The van der Waals surface area contributed by atoms with Crippen LogP contribution in [0.15, 0.2) is 27.7 Å². The number of likely N-dealkylation sites (tertiary alicyclic amines) is 1. The second-order valence-corrected chi connectivity index (χ2v) is 6.57. The summed E-state index contributed by atoms with van der Waals surface area (Å²) in [7, 11) is 1.69. The molecule has 1 aromatic heterocycles. The van der Waals surface area contributed by atoms with Gasteiger partial charge < -0.3 is 15.2 Å². The van der Waals surface area contributed by atoms with Gasteiger partial charge in [0.15, 0.2) is 11.8 Å². The highest BCUT2D eigenvalue weighted by atomic mass is 19.1. The lowest BCUT2D eigenvalue weighted by Gasteiger charge is -2.34. The van der Waals surface area contributed by atoms with Crippen LogP contribution >= 0.6 is 0 Å². The largest absolute Gasteiger partial charge is 0.352 e. The fourth-order valence-electron chi connectivity index (χ4n) is 3.19. The van der Waals surface area contributed by atoms with E-state index in [1.54, 1.807) is 14.0 Å². The van der Waals surface area contributed by atoms with Crippen molar-refractivity contribution in [2.24, 2.45) is 4.99 Å². The summed E-state index contributed by atoms with van der Waals surface area (Å²) >= 11 is 0. The second kappa shape index (κ2) is 8.90. The number of aryl methyl sites for hydroxylation is 1. The average Bonchev–Trinajstić information content (AvgIpc) is 3.07. The van der Waals surface area contributed by atoms with E-state index in [0.29, 0.717) is 30.8 Å². The minimum absolute atomic E-state index is 0.119. The Bertz CT molecular complexity index is 774. The molecule has 0 amide bonds. The molecule has 1 unspecified atom stereocenters. The van der Waals surface area contributed by atoms with Crippen LogP contribution in [-0.4, -0.2) is 47.2 Å². The van der Waals surface area contributed by atoms with Crippen molar-refractivity contribution in [1.29, 1.82) is 0 Å². The number of guanidine groups is 1. The molecule has 146 valence electrons. The molecule has 0 spiro atoms. The summed E-state index contributed by atoms with van der Waals surface area (Å²) in [6.07, 6.45) is 1.90. The number of hydrogen-bond acceptors (Lipinski definition) is 5. The molecule has 9 heteroatoms. The van der Waals surface area contributed by atoms with Crippen LogP contribution in [0.25, 0.3) is 0 Å². The zero-order valence-electron chi connectivity index (χ0n) is 15.5. The second-order valence-electron chi connectivity index (χ2n) is 6.57. The van der Waals surface area contributed by atoms with Crippen molar-refractivity contribution >= 4 is 5.96 Å². The molecule has 1 aliphatic heterocycles. The number of rotatable bonds is 5. The van der Waals surface area contributed by atoms with Crippen molar-refractivity contribution in [2.45, 2.75) is 38.9 Å². The Kier molecular flexibility index (Phi) is 6.33. The van der Waals surface area contributed by atoms with Gasteiger partial charge in [-0.05, 0) is 31.5 Å². The summed E-state index contributed by atoms with van der Waals surface area (Å²) in [5.41, 5.74) is 0.119. The number of halogens is 2. The van der Waals surface area contributed by atoms with Gasteiger partial charge >= 0.3 is 0 Å². The first-order valence-corrected chi connectivity index (χ1v) is 8.96. The first-order valence-electron chi connectivity index (χ1n) is 8.96. The molecule has 1 aliphatic rings. The molecule has 1 saturated heterocycles. The Hall–Kier alpha value is -2.55. The van der Waals surface area contributed by atoms with Gasteiger partial charge in [-0.1, -0.05) is 11.2 Å². The minimum atomic E-state index is -0.502. The minimum Gasteiger partial charge on any atom is -0.352 e. The fraction of sp³-hybridized carbons (Fsp3) is 0.500. The molecule has 2 N–H and O–H groups in total. The molecular weight excluding hydrogens is 354 g/mol. The number of aliphatic imine (C=N–C) groups is 1. The predicted molar refractivity (Wildman–Crippen MR) is 97.0 cm³/mol. The summed E-state index contributed by atoms with van der Waals surface area (Å²) in [5, 5.41) is 10.3.